The minimum absolute atomic E-state index is 0.0198. The number of phenols is 1. The largest absolute Gasteiger partial charge is 0.508 e. The molecule has 0 aromatic heterocycles. The fourth-order valence-corrected chi connectivity index (χ4v) is 3.50. The maximum atomic E-state index is 11.7. The highest BCUT2D eigenvalue weighted by atomic mass is 16.4. The molecule has 178 valence electrons. The highest BCUT2D eigenvalue weighted by Crippen LogP contribution is 2.41. The summed E-state index contributed by atoms with van der Waals surface area (Å²) in [6.45, 7) is 2.47. The number of phenolic OH excluding ortho intramolecular Hbond substituents is 1. The summed E-state index contributed by atoms with van der Waals surface area (Å²) in [4.78, 5) is 36.2. The summed E-state index contributed by atoms with van der Waals surface area (Å²) in [5.74, 6) is -0.745. The van der Waals surface area contributed by atoms with Gasteiger partial charge in [0.25, 0.3) is 0 Å². The van der Waals surface area contributed by atoms with Crippen molar-refractivity contribution in [2.24, 2.45) is 5.11 Å². The van der Waals surface area contributed by atoms with Crippen molar-refractivity contribution in [3.05, 3.63) is 86.9 Å². The number of hydrogen-bond donors (Lipinski definition) is 3. The lowest BCUT2D eigenvalue weighted by Crippen LogP contribution is -2.21. The Balaban J connectivity index is 0.000000292. The normalized spacial score (nSPS) is 10.2. The molecule has 1 aliphatic heterocycles. The molecule has 1 heterocycles. The highest BCUT2D eigenvalue weighted by Gasteiger charge is 2.21. The Labute approximate surface area is 199 Å². The summed E-state index contributed by atoms with van der Waals surface area (Å²) < 4.78 is 5.76. The smallest absolute Gasteiger partial charge is 0.336 e. The van der Waals surface area contributed by atoms with Crippen LogP contribution >= 0.6 is 0 Å². The Hall–Kier alpha value is -4.82. The number of carboxylic acids is 1. The summed E-state index contributed by atoms with van der Waals surface area (Å²) in [5.41, 5.74) is 9.95. The number of carbonyl (C=O) groups excluding carboxylic acids is 1. The van der Waals surface area contributed by atoms with Crippen molar-refractivity contribution in [3.63, 3.8) is 0 Å². The van der Waals surface area contributed by atoms with Crippen LogP contribution in [0.1, 0.15) is 23.7 Å². The fraction of sp³-hybridized carbons (Fsp3) is 0.160. The molecule has 0 unspecified atom stereocenters. The van der Waals surface area contributed by atoms with E-state index in [1.165, 1.54) is 37.3 Å². The van der Waals surface area contributed by atoms with E-state index < -0.39 is 5.97 Å². The third kappa shape index (κ3) is 6.16. The minimum Gasteiger partial charge on any atom is -0.508 e. The predicted molar refractivity (Wildman–Crippen MR) is 130 cm³/mol. The van der Waals surface area contributed by atoms with E-state index in [0.717, 1.165) is 0 Å². The molecule has 0 spiro atoms. The molecule has 3 N–H and O–H groups in total. The van der Waals surface area contributed by atoms with E-state index in [1.54, 1.807) is 30.3 Å². The average molecular weight is 474 g/mol. The highest BCUT2D eigenvalue weighted by molar-refractivity contribution is 6.07. The van der Waals surface area contributed by atoms with E-state index in [1.807, 2.05) is 0 Å². The van der Waals surface area contributed by atoms with Gasteiger partial charge in [0.05, 0.1) is 5.56 Å². The number of nitrogens with zero attached hydrogens (tertiary/aromatic N) is 3. The first-order valence-corrected chi connectivity index (χ1v) is 10.6. The van der Waals surface area contributed by atoms with E-state index in [0.29, 0.717) is 52.9 Å². The number of benzene rings is 3. The third-order valence-electron chi connectivity index (χ3n) is 4.98. The van der Waals surface area contributed by atoms with Crippen LogP contribution in [-0.4, -0.2) is 35.2 Å². The second-order valence-corrected chi connectivity index (χ2v) is 7.46. The van der Waals surface area contributed by atoms with Crippen molar-refractivity contribution in [1.29, 1.82) is 0 Å². The van der Waals surface area contributed by atoms with E-state index >= 15 is 0 Å². The zero-order chi connectivity index (χ0) is 25.4. The van der Waals surface area contributed by atoms with Crippen molar-refractivity contribution in [2.75, 3.05) is 13.1 Å². The predicted octanol–water partition coefficient (Wildman–Crippen LogP) is 4.79. The lowest BCUT2D eigenvalue weighted by molar-refractivity contribution is -0.118. The molecular weight excluding hydrogens is 452 g/mol. The van der Waals surface area contributed by atoms with Gasteiger partial charge >= 0.3 is 5.97 Å². The van der Waals surface area contributed by atoms with Gasteiger partial charge in [-0.25, -0.2) is 4.79 Å². The molecule has 0 saturated heterocycles. The van der Waals surface area contributed by atoms with Gasteiger partial charge in [0, 0.05) is 53.6 Å². The number of nitrogens with one attached hydrogen (secondary N) is 1. The first kappa shape index (κ1) is 24.8. The second kappa shape index (κ2) is 11.4. The molecule has 0 bridgehead atoms. The summed E-state index contributed by atoms with van der Waals surface area (Å²) in [7, 11) is 0. The van der Waals surface area contributed by atoms with Gasteiger partial charge in [-0.2, -0.15) is 0 Å². The molecule has 1 aliphatic carbocycles. The van der Waals surface area contributed by atoms with Crippen LogP contribution in [0.5, 0.6) is 5.75 Å². The fourth-order valence-electron chi connectivity index (χ4n) is 3.50. The molecule has 4 rings (SSSR count). The van der Waals surface area contributed by atoms with E-state index in [9.17, 15) is 24.6 Å². The first-order valence-electron chi connectivity index (χ1n) is 10.6. The average Bonchev–Trinajstić information content (AvgIpc) is 2.82. The number of fused-ring (bicyclic) bond motifs is 2. The van der Waals surface area contributed by atoms with Crippen LogP contribution in [0, 0.1) is 0 Å². The quantitative estimate of drug-likeness (QED) is 0.119. The molecule has 2 aliphatic rings. The van der Waals surface area contributed by atoms with Crippen molar-refractivity contribution in [2.45, 2.75) is 13.3 Å². The van der Waals surface area contributed by atoms with Gasteiger partial charge in [-0.15, -0.1) is 0 Å². The zero-order valence-corrected chi connectivity index (χ0v) is 18.8. The van der Waals surface area contributed by atoms with E-state index in [2.05, 4.69) is 15.3 Å². The van der Waals surface area contributed by atoms with Crippen LogP contribution in [0.15, 0.2) is 75.0 Å². The number of azide groups is 1. The van der Waals surface area contributed by atoms with E-state index in [4.69, 9.17) is 9.95 Å². The number of hydrogen-bond acceptors (Lipinski definition) is 6. The number of aromatic hydroxyl groups is 1. The van der Waals surface area contributed by atoms with Crippen molar-refractivity contribution in [3.8, 4) is 28.2 Å². The first-order chi connectivity index (χ1) is 16.8. The Bertz CT molecular complexity index is 1450. The minimum atomic E-state index is -1.04. The SMILES string of the molecule is CC(=O)NCCCN=[N+]=[N-].O=C(O)c1ccccc1-c1c2ccc(=O)cc-2oc2cc(O)ccc12. The number of amides is 1. The number of aromatic carboxylic acids is 1. The molecular formula is C25H22N4O6. The maximum absolute atomic E-state index is 11.7. The molecule has 0 atom stereocenters. The molecule has 0 saturated carbocycles. The molecule has 10 nitrogen and oxygen atoms in total. The van der Waals surface area contributed by atoms with Crippen molar-refractivity contribution >= 4 is 22.8 Å². The summed E-state index contributed by atoms with van der Waals surface area (Å²) in [5, 5.41) is 25.8. The van der Waals surface area contributed by atoms with Crippen LogP contribution in [0.2, 0.25) is 0 Å². The monoisotopic (exact) mass is 474 g/mol. The van der Waals surface area contributed by atoms with Crippen LogP contribution in [-0.2, 0) is 4.79 Å². The van der Waals surface area contributed by atoms with Gasteiger partial charge in [0.1, 0.15) is 17.1 Å². The van der Waals surface area contributed by atoms with Gasteiger partial charge in [0.2, 0.25) is 5.91 Å². The molecule has 1 amide bonds. The van der Waals surface area contributed by atoms with Gasteiger partial charge < -0.3 is 19.9 Å². The van der Waals surface area contributed by atoms with E-state index in [-0.39, 0.29) is 22.6 Å². The van der Waals surface area contributed by atoms with Gasteiger partial charge in [-0.3, -0.25) is 9.59 Å². The second-order valence-electron chi connectivity index (χ2n) is 7.46. The lowest BCUT2D eigenvalue weighted by atomic mass is 9.91. The van der Waals surface area contributed by atoms with Crippen molar-refractivity contribution in [1.82, 2.24) is 5.32 Å². The molecule has 0 radical (unpaired) electrons. The Morgan fingerprint density at radius 3 is 2.57 bits per heavy atom. The standard InChI is InChI=1S/C20H12O5.C5H10N4O/c21-11-5-7-15-17(9-11)25-18-10-12(22)6-8-16(18)19(15)13-3-1-2-4-14(13)20(23)24;1-5(10)7-3-2-4-8-9-6/h1-10,21H,(H,23,24);2-4H2,1H3,(H,7,10). The molecule has 10 heteroatoms. The number of carbonyl (C=O) groups is 2. The van der Waals surface area contributed by atoms with Crippen LogP contribution < -0.4 is 10.7 Å². The summed E-state index contributed by atoms with van der Waals surface area (Å²) in [6.07, 6.45) is 0.698. The van der Waals surface area contributed by atoms with Gasteiger partial charge in [0.15, 0.2) is 5.43 Å². The van der Waals surface area contributed by atoms with Crippen molar-refractivity contribution < 1.29 is 24.2 Å². The Morgan fingerprint density at radius 1 is 1.09 bits per heavy atom. The summed E-state index contributed by atoms with van der Waals surface area (Å²) >= 11 is 0. The maximum Gasteiger partial charge on any atom is 0.336 e. The van der Waals surface area contributed by atoms with Crippen LogP contribution in [0.25, 0.3) is 43.9 Å². The zero-order valence-electron chi connectivity index (χ0n) is 18.8. The number of carboxylic acid groups (broad SMARTS) is 1. The van der Waals surface area contributed by atoms with Crippen LogP contribution in [0.4, 0.5) is 0 Å². The molecule has 0 fully saturated rings. The molecule has 2 aromatic carbocycles. The summed E-state index contributed by atoms with van der Waals surface area (Å²) in [6, 6.07) is 15.7. The third-order valence-corrected chi connectivity index (χ3v) is 4.98. The Kier molecular flexibility index (Phi) is 8.05. The lowest BCUT2D eigenvalue weighted by Gasteiger charge is -2.16. The molecule has 2 aromatic rings. The van der Waals surface area contributed by atoms with Gasteiger partial charge in [-0.05, 0) is 47.8 Å². The molecule has 35 heavy (non-hydrogen) atoms. The number of rotatable bonds is 6. The topological polar surface area (TPSA) is 166 Å². The van der Waals surface area contributed by atoms with Gasteiger partial charge in [-0.1, -0.05) is 23.3 Å². The van der Waals surface area contributed by atoms with Crippen LogP contribution in [0.3, 0.4) is 0 Å². The Morgan fingerprint density at radius 2 is 1.86 bits per heavy atom.